The standard InChI is InChI=1S/C9H19NO2/c1-4-5-6-7-8-12-9(11)10(2)3/h4-8H2,1-3H3. The Hall–Kier alpha value is -0.730. The smallest absolute Gasteiger partial charge is 0.409 e. The maximum atomic E-state index is 10.9. The zero-order valence-corrected chi connectivity index (χ0v) is 8.30. The molecule has 0 saturated heterocycles. The Labute approximate surface area is 74.7 Å². The van der Waals surface area contributed by atoms with Crippen molar-refractivity contribution in [2.75, 3.05) is 20.7 Å². The highest BCUT2D eigenvalue weighted by molar-refractivity contribution is 5.66. The monoisotopic (exact) mass is 173 g/mol. The van der Waals surface area contributed by atoms with Gasteiger partial charge in [0.05, 0.1) is 6.61 Å². The molecule has 0 aromatic heterocycles. The summed E-state index contributed by atoms with van der Waals surface area (Å²) in [5.74, 6) is 0. The first-order chi connectivity index (χ1) is 5.68. The largest absolute Gasteiger partial charge is 0.449 e. The molecule has 0 saturated carbocycles. The van der Waals surface area contributed by atoms with Crippen molar-refractivity contribution in [2.24, 2.45) is 0 Å². The van der Waals surface area contributed by atoms with Gasteiger partial charge in [0.1, 0.15) is 0 Å². The fourth-order valence-electron chi connectivity index (χ4n) is 0.817. The second-order valence-electron chi connectivity index (χ2n) is 3.07. The van der Waals surface area contributed by atoms with E-state index in [2.05, 4.69) is 6.92 Å². The average Bonchev–Trinajstić information content (AvgIpc) is 2.03. The number of rotatable bonds is 5. The molecule has 0 aliphatic carbocycles. The van der Waals surface area contributed by atoms with Crippen LogP contribution < -0.4 is 0 Å². The van der Waals surface area contributed by atoms with Crippen LogP contribution in [0.1, 0.15) is 32.6 Å². The number of carbonyl (C=O) groups excluding carboxylic acids is 1. The summed E-state index contributed by atoms with van der Waals surface area (Å²) in [6, 6.07) is 0. The maximum Gasteiger partial charge on any atom is 0.409 e. The topological polar surface area (TPSA) is 29.5 Å². The zero-order valence-electron chi connectivity index (χ0n) is 8.30. The van der Waals surface area contributed by atoms with E-state index in [9.17, 15) is 4.79 Å². The third-order valence-electron chi connectivity index (χ3n) is 1.59. The predicted octanol–water partition coefficient (Wildman–Crippen LogP) is 2.26. The molecule has 0 rings (SSSR count). The lowest BCUT2D eigenvalue weighted by Gasteiger charge is -2.10. The van der Waals surface area contributed by atoms with Crippen molar-refractivity contribution in [3.05, 3.63) is 0 Å². The van der Waals surface area contributed by atoms with Gasteiger partial charge in [-0.2, -0.15) is 0 Å². The molecule has 0 aliphatic heterocycles. The molecule has 0 spiro atoms. The molecule has 72 valence electrons. The van der Waals surface area contributed by atoms with E-state index in [4.69, 9.17) is 4.74 Å². The van der Waals surface area contributed by atoms with E-state index in [1.54, 1.807) is 14.1 Å². The highest BCUT2D eigenvalue weighted by Gasteiger charge is 2.02. The van der Waals surface area contributed by atoms with Crippen molar-refractivity contribution in [1.29, 1.82) is 0 Å². The molecule has 0 aromatic rings. The Bertz CT molecular complexity index is 124. The summed E-state index contributed by atoms with van der Waals surface area (Å²) in [6.45, 7) is 2.71. The van der Waals surface area contributed by atoms with E-state index in [1.807, 2.05) is 0 Å². The summed E-state index contributed by atoms with van der Waals surface area (Å²) in [5, 5.41) is 0. The van der Waals surface area contributed by atoms with E-state index in [1.165, 1.54) is 17.7 Å². The summed E-state index contributed by atoms with van der Waals surface area (Å²) in [6.07, 6.45) is 4.32. The fraction of sp³-hybridized carbons (Fsp3) is 0.889. The van der Waals surface area contributed by atoms with E-state index < -0.39 is 0 Å². The average molecular weight is 173 g/mol. The number of amides is 1. The molecule has 0 aliphatic rings. The maximum absolute atomic E-state index is 10.9. The SMILES string of the molecule is CCCCCCOC(=O)N(C)C. The van der Waals surface area contributed by atoms with Gasteiger partial charge in [-0.15, -0.1) is 0 Å². The first-order valence-electron chi connectivity index (χ1n) is 4.52. The van der Waals surface area contributed by atoms with Gasteiger partial charge in [-0.05, 0) is 6.42 Å². The van der Waals surface area contributed by atoms with Gasteiger partial charge >= 0.3 is 6.09 Å². The van der Waals surface area contributed by atoms with Gasteiger partial charge in [0.25, 0.3) is 0 Å². The van der Waals surface area contributed by atoms with Gasteiger partial charge in [0, 0.05) is 14.1 Å². The van der Waals surface area contributed by atoms with Crippen LogP contribution in [0.2, 0.25) is 0 Å². The third kappa shape index (κ3) is 6.01. The van der Waals surface area contributed by atoms with Crippen LogP contribution in [0.5, 0.6) is 0 Å². The minimum Gasteiger partial charge on any atom is -0.449 e. The van der Waals surface area contributed by atoms with Gasteiger partial charge < -0.3 is 9.64 Å². The number of hydrogen-bond donors (Lipinski definition) is 0. The van der Waals surface area contributed by atoms with E-state index in [0.29, 0.717) is 6.61 Å². The molecule has 0 atom stereocenters. The minimum atomic E-state index is -0.244. The lowest BCUT2D eigenvalue weighted by molar-refractivity contribution is 0.116. The summed E-state index contributed by atoms with van der Waals surface area (Å²) in [5.41, 5.74) is 0. The van der Waals surface area contributed by atoms with Crippen molar-refractivity contribution in [3.8, 4) is 0 Å². The van der Waals surface area contributed by atoms with Crippen LogP contribution in [0.4, 0.5) is 4.79 Å². The Morgan fingerprint density at radius 1 is 1.25 bits per heavy atom. The normalized spacial score (nSPS) is 9.58. The number of hydrogen-bond acceptors (Lipinski definition) is 2. The molecule has 0 fully saturated rings. The fourth-order valence-corrected chi connectivity index (χ4v) is 0.817. The van der Waals surface area contributed by atoms with Crippen molar-refractivity contribution in [1.82, 2.24) is 4.90 Å². The minimum absolute atomic E-state index is 0.244. The summed E-state index contributed by atoms with van der Waals surface area (Å²) in [4.78, 5) is 12.3. The molecule has 0 unspecified atom stereocenters. The van der Waals surface area contributed by atoms with Crippen LogP contribution in [-0.2, 0) is 4.74 Å². The molecular formula is C9H19NO2. The van der Waals surface area contributed by atoms with Gasteiger partial charge in [0.2, 0.25) is 0 Å². The van der Waals surface area contributed by atoms with Crippen LogP contribution in [0, 0.1) is 0 Å². The van der Waals surface area contributed by atoms with Crippen LogP contribution in [-0.4, -0.2) is 31.7 Å². The van der Waals surface area contributed by atoms with Gasteiger partial charge in [-0.3, -0.25) is 0 Å². The molecule has 12 heavy (non-hydrogen) atoms. The second kappa shape index (κ2) is 6.95. The van der Waals surface area contributed by atoms with Crippen LogP contribution in [0.3, 0.4) is 0 Å². The number of nitrogens with zero attached hydrogens (tertiary/aromatic N) is 1. The van der Waals surface area contributed by atoms with Gasteiger partial charge in [-0.25, -0.2) is 4.79 Å². The highest BCUT2D eigenvalue weighted by Crippen LogP contribution is 1.99. The molecule has 0 radical (unpaired) electrons. The van der Waals surface area contributed by atoms with E-state index in [-0.39, 0.29) is 6.09 Å². The van der Waals surface area contributed by atoms with Crippen LogP contribution in [0.15, 0.2) is 0 Å². The van der Waals surface area contributed by atoms with Crippen molar-refractivity contribution in [2.45, 2.75) is 32.6 Å². The predicted molar refractivity (Wildman–Crippen MR) is 49.2 cm³/mol. The Morgan fingerprint density at radius 2 is 1.92 bits per heavy atom. The lowest BCUT2D eigenvalue weighted by atomic mass is 10.2. The number of carbonyl (C=O) groups is 1. The second-order valence-corrected chi connectivity index (χ2v) is 3.07. The summed E-state index contributed by atoms with van der Waals surface area (Å²) in [7, 11) is 3.38. The number of ether oxygens (including phenoxy) is 1. The van der Waals surface area contributed by atoms with Gasteiger partial charge in [-0.1, -0.05) is 26.2 Å². The van der Waals surface area contributed by atoms with Gasteiger partial charge in [0.15, 0.2) is 0 Å². The van der Waals surface area contributed by atoms with E-state index >= 15 is 0 Å². The molecule has 1 amide bonds. The molecule has 0 aromatic carbocycles. The Kier molecular flexibility index (Phi) is 6.53. The molecule has 0 N–H and O–H groups in total. The number of unbranched alkanes of at least 4 members (excludes halogenated alkanes) is 3. The molecule has 3 nitrogen and oxygen atoms in total. The zero-order chi connectivity index (χ0) is 9.40. The Morgan fingerprint density at radius 3 is 2.42 bits per heavy atom. The third-order valence-corrected chi connectivity index (χ3v) is 1.59. The molecule has 0 heterocycles. The first-order valence-corrected chi connectivity index (χ1v) is 4.52. The van der Waals surface area contributed by atoms with Crippen LogP contribution in [0.25, 0.3) is 0 Å². The first kappa shape index (κ1) is 11.3. The Balaban J connectivity index is 3.14. The molecule has 3 heteroatoms. The lowest BCUT2D eigenvalue weighted by Crippen LogP contribution is -2.23. The highest BCUT2D eigenvalue weighted by atomic mass is 16.6. The van der Waals surface area contributed by atoms with Crippen LogP contribution >= 0.6 is 0 Å². The summed E-state index contributed by atoms with van der Waals surface area (Å²) >= 11 is 0. The van der Waals surface area contributed by atoms with Crippen molar-refractivity contribution < 1.29 is 9.53 Å². The quantitative estimate of drug-likeness (QED) is 0.597. The summed E-state index contributed by atoms with van der Waals surface area (Å²) < 4.78 is 4.94. The van der Waals surface area contributed by atoms with E-state index in [0.717, 1.165) is 12.8 Å². The molecule has 0 bridgehead atoms. The van der Waals surface area contributed by atoms with Crippen molar-refractivity contribution >= 4 is 6.09 Å². The van der Waals surface area contributed by atoms with Crippen molar-refractivity contribution in [3.63, 3.8) is 0 Å². The molecular weight excluding hydrogens is 154 g/mol.